The van der Waals surface area contributed by atoms with Gasteiger partial charge in [-0.1, -0.05) is 6.07 Å². The highest BCUT2D eigenvalue weighted by Crippen LogP contribution is 2.34. The fraction of sp³-hybridized carbons (Fsp3) is 0.444. The second-order valence-corrected chi connectivity index (χ2v) is 6.89. The van der Waals surface area contributed by atoms with Gasteiger partial charge in [0.1, 0.15) is 6.10 Å². The number of nitrogens with zero attached hydrogens (tertiary/aromatic N) is 2. The van der Waals surface area contributed by atoms with Crippen LogP contribution in [0.1, 0.15) is 28.7 Å². The maximum absolute atomic E-state index is 11.8. The maximum atomic E-state index is 11.8. The fourth-order valence-corrected chi connectivity index (χ4v) is 3.50. The Balaban J connectivity index is 1.69. The minimum atomic E-state index is -0.296. The predicted molar refractivity (Wildman–Crippen MR) is 95.5 cm³/mol. The fourth-order valence-electron chi connectivity index (χ4n) is 2.73. The van der Waals surface area contributed by atoms with Gasteiger partial charge in [-0.05, 0) is 24.6 Å². The first-order chi connectivity index (χ1) is 12.1. The number of cyclic esters (lactones) is 1. The number of amides is 1. The molecule has 3 rings (SSSR count). The Kier molecular flexibility index (Phi) is 5.43. The molecule has 1 atom stereocenters. The molecule has 1 amide bonds. The number of carbonyl (C=O) groups excluding carboxylic acids is 1. The number of benzene rings is 1. The summed E-state index contributed by atoms with van der Waals surface area (Å²) in [6.45, 7) is 3.22. The Morgan fingerprint density at radius 2 is 2.24 bits per heavy atom. The highest BCUT2D eigenvalue weighted by Gasteiger charge is 2.26. The summed E-state index contributed by atoms with van der Waals surface area (Å²) in [5.74, 6) is 1.33. The zero-order valence-corrected chi connectivity index (χ0v) is 15.5. The van der Waals surface area contributed by atoms with Gasteiger partial charge in [0.15, 0.2) is 11.5 Å². The van der Waals surface area contributed by atoms with E-state index in [9.17, 15) is 4.79 Å². The van der Waals surface area contributed by atoms with E-state index in [1.807, 2.05) is 30.6 Å². The molecular formula is C18H22N2O4S. The van der Waals surface area contributed by atoms with Gasteiger partial charge < -0.3 is 19.1 Å². The van der Waals surface area contributed by atoms with Crippen molar-refractivity contribution in [1.82, 2.24) is 9.88 Å². The Bertz CT molecular complexity index is 746. The molecule has 0 spiro atoms. The molecule has 7 heteroatoms. The van der Waals surface area contributed by atoms with E-state index < -0.39 is 0 Å². The van der Waals surface area contributed by atoms with Crippen LogP contribution in [0, 0.1) is 6.92 Å². The second-order valence-electron chi connectivity index (χ2n) is 5.95. The molecule has 1 aliphatic heterocycles. The summed E-state index contributed by atoms with van der Waals surface area (Å²) >= 11 is 1.64. The van der Waals surface area contributed by atoms with Crippen molar-refractivity contribution in [2.45, 2.75) is 25.9 Å². The largest absolute Gasteiger partial charge is 0.493 e. The van der Waals surface area contributed by atoms with Crippen molar-refractivity contribution >= 4 is 17.4 Å². The summed E-state index contributed by atoms with van der Waals surface area (Å²) < 4.78 is 16.8. The number of hydrogen-bond acceptors (Lipinski definition) is 6. The van der Waals surface area contributed by atoms with E-state index in [2.05, 4.69) is 4.98 Å². The molecule has 0 radical (unpaired) electrons. The van der Waals surface area contributed by atoms with Crippen molar-refractivity contribution in [3.8, 4) is 11.5 Å². The third-order valence-corrected chi connectivity index (χ3v) is 5.27. The van der Waals surface area contributed by atoms with Gasteiger partial charge in [0, 0.05) is 31.3 Å². The van der Waals surface area contributed by atoms with Crippen LogP contribution in [0.5, 0.6) is 11.5 Å². The number of aryl methyl sites for hydroxylation is 1. The van der Waals surface area contributed by atoms with Gasteiger partial charge in [-0.25, -0.2) is 9.78 Å². The molecule has 2 aromatic rings. The molecule has 1 saturated heterocycles. The normalized spacial score (nSPS) is 17.3. The summed E-state index contributed by atoms with van der Waals surface area (Å²) in [6, 6.07) is 5.68. The third-order valence-electron chi connectivity index (χ3n) is 4.27. The molecule has 1 unspecified atom stereocenters. The Labute approximate surface area is 151 Å². The van der Waals surface area contributed by atoms with Crippen LogP contribution in [0.4, 0.5) is 4.79 Å². The van der Waals surface area contributed by atoms with Crippen molar-refractivity contribution in [2.24, 2.45) is 0 Å². The summed E-state index contributed by atoms with van der Waals surface area (Å²) in [6.07, 6.45) is 1.01. The number of ether oxygens (including phenoxy) is 3. The molecular weight excluding hydrogens is 340 g/mol. The topological polar surface area (TPSA) is 60.9 Å². The zero-order chi connectivity index (χ0) is 17.8. The van der Waals surface area contributed by atoms with E-state index in [1.165, 1.54) is 4.88 Å². The molecule has 0 N–H and O–H groups in total. The van der Waals surface area contributed by atoms with Gasteiger partial charge in [-0.2, -0.15) is 0 Å². The molecule has 1 aromatic heterocycles. The minimum absolute atomic E-state index is 0.249. The monoisotopic (exact) mass is 362 g/mol. The van der Waals surface area contributed by atoms with Crippen molar-refractivity contribution in [1.29, 1.82) is 0 Å². The number of thiazole rings is 1. The molecule has 1 aromatic carbocycles. The number of carbonyl (C=O) groups is 1. The van der Waals surface area contributed by atoms with Crippen LogP contribution < -0.4 is 9.47 Å². The Hall–Kier alpha value is -2.28. The molecule has 0 aliphatic carbocycles. The molecule has 134 valence electrons. The maximum Gasteiger partial charge on any atom is 0.410 e. The Morgan fingerprint density at radius 1 is 1.40 bits per heavy atom. The van der Waals surface area contributed by atoms with E-state index in [0.29, 0.717) is 24.7 Å². The second kappa shape index (κ2) is 7.74. The van der Waals surface area contributed by atoms with Crippen LogP contribution in [0.3, 0.4) is 0 Å². The number of aromatic nitrogens is 1. The zero-order valence-electron chi connectivity index (χ0n) is 14.7. The van der Waals surface area contributed by atoms with E-state index in [0.717, 1.165) is 24.1 Å². The summed E-state index contributed by atoms with van der Waals surface area (Å²) in [5, 5.41) is 0. The van der Waals surface area contributed by atoms with Gasteiger partial charge in [-0.3, -0.25) is 0 Å². The minimum Gasteiger partial charge on any atom is -0.493 e. The summed E-state index contributed by atoms with van der Waals surface area (Å²) in [7, 11) is 3.35. The van der Waals surface area contributed by atoms with Crippen molar-refractivity contribution < 1.29 is 19.0 Å². The first-order valence-electron chi connectivity index (χ1n) is 8.20. The van der Waals surface area contributed by atoms with Gasteiger partial charge in [0.2, 0.25) is 0 Å². The van der Waals surface area contributed by atoms with E-state index >= 15 is 0 Å². The molecule has 1 aliphatic rings. The lowest BCUT2D eigenvalue weighted by Crippen LogP contribution is -2.35. The quantitative estimate of drug-likeness (QED) is 0.786. The van der Waals surface area contributed by atoms with E-state index in [-0.39, 0.29) is 12.2 Å². The average molecular weight is 362 g/mol. The average Bonchev–Trinajstić information content (AvgIpc) is 3.02. The lowest BCUT2D eigenvalue weighted by Gasteiger charge is -2.29. The van der Waals surface area contributed by atoms with E-state index in [4.69, 9.17) is 14.2 Å². The predicted octanol–water partition coefficient (Wildman–Crippen LogP) is 3.59. The highest BCUT2D eigenvalue weighted by molar-refractivity contribution is 7.09. The lowest BCUT2D eigenvalue weighted by atomic mass is 10.0. The van der Waals surface area contributed by atoms with Gasteiger partial charge in [0.25, 0.3) is 0 Å². The molecule has 0 bridgehead atoms. The standard InChI is InChI=1S/C18H22N2O4S/c1-12-17(25-11-19-12)7-9-23-16-10-13(4-5-15(16)22-3)14-6-8-20(2)18(21)24-14/h4-5,10-11,14H,6-9H2,1-3H3. The first kappa shape index (κ1) is 17.5. The molecule has 6 nitrogen and oxygen atoms in total. The molecule has 25 heavy (non-hydrogen) atoms. The Morgan fingerprint density at radius 3 is 2.92 bits per heavy atom. The highest BCUT2D eigenvalue weighted by atomic mass is 32.1. The molecule has 0 saturated carbocycles. The van der Waals surface area contributed by atoms with Crippen LogP contribution in [0.25, 0.3) is 0 Å². The summed E-state index contributed by atoms with van der Waals surface area (Å²) in [4.78, 5) is 18.8. The van der Waals surface area contributed by atoms with Crippen LogP contribution in [-0.4, -0.2) is 43.3 Å². The summed E-state index contributed by atoms with van der Waals surface area (Å²) in [5.41, 5.74) is 3.82. The number of rotatable bonds is 6. The van der Waals surface area contributed by atoms with Crippen molar-refractivity contribution in [3.05, 3.63) is 39.8 Å². The van der Waals surface area contributed by atoms with Gasteiger partial charge in [-0.15, -0.1) is 11.3 Å². The van der Waals surface area contributed by atoms with Gasteiger partial charge >= 0.3 is 6.09 Å². The third kappa shape index (κ3) is 4.04. The van der Waals surface area contributed by atoms with E-state index in [1.54, 1.807) is 30.4 Å². The SMILES string of the molecule is COc1ccc(C2CCN(C)C(=O)O2)cc1OCCc1scnc1C. The van der Waals surface area contributed by atoms with Gasteiger partial charge in [0.05, 0.1) is 24.9 Å². The van der Waals surface area contributed by atoms with Crippen LogP contribution in [0.2, 0.25) is 0 Å². The lowest BCUT2D eigenvalue weighted by molar-refractivity contribution is 0.0323. The molecule has 1 fully saturated rings. The number of methoxy groups -OCH3 is 1. The first-order valence-corrected chi connectivity index (χ1v) is 9.08. The van der Waals surface area contributed by atoms with Crippen molar-refractivity contribution in [2.75, 3.05) is 27.3 Å². The molecule has 2 heterocycles. The van der Waals surface area contributed by atoms with Crippen molar-refractivity contribution in [3.63, 3.8) is 0 Å². The van der Waals surface area contributed by atoms with Crippen LogP contribution in [0.15, 0.2) is 23.7 Å². The van der Waals surface area contributed by atoms with Crippen LogP contribution in [-0.2, 0) is 11.2 Å². The van der Waals surface area contributed by atoms with Crippen LogP contribution >= 0.6 is 11.3 Å². The number of hydrogen-bond donors (Lipinski definition) is 0. The smallest absolute Gasteiger partial charge is 0.410 e.